The Morgan fingerprint density at radius 3 is 2.83 bits per heavy atom. The van der Waals surface area contributed by atoms with Crippen molar-refractivity contribution < 1.29 is 18.3 Å². The molecule has 0 bridgehead atoms. The zero-order valence-electron chi connectivity index (χ0n) is 9.19. The number of nitrogens with zero attached hydrogens (tertiary/aromatic N) is 3. The van der Waals surface area contributed by atoms with Gasteiger partial charge in [0.2, 0.25) is 0 Å². The third-order valence-electron chi connectivity index (χ3n) is 2.98. The van der Waals surface area contributed by atoms with Crippen molar-refractivity contribution in [2.24, 2.45) is 0 Å². The number of aliphatic hydroxyl groups is 1. The van der Waals surface area contributed by atoms with Crippen LogP contribution in [0.15, 0.2) is 0 Å². The van der Waals surface area contributed by atoms with Crippen molar-refractivity contribution in [1.82, 2.24) is 14.5 Å². The van der Waals surface area contributed by atoms with Gasteiger partial charge in [-0.25, -0.2) is 0 Å². The maximum atomic E-state index is 12.5. The van der Waals surface area contributed by atoms with Gasteiger partial charge in [0, 0.05) is 24.1 Å². The summed E-state index contributed by atoms with van der Waals surface area (Å²) in [5.41, 5.74) is 0.461. The minimum atomic E-state index is -4.60. The Morgan fingerprint density at radius 2 is 2.28 bits per heavy atom. The third kappa shape index (κ3) is 2.93. The van der Waals surface area contributed by atoms with Gasteiger partial charge in [0.25, 0.3) is 0 Å². The van der Waals surface area contributed by atoms with Gasteiger partial charge in [0.1, 0.15) is 10.0 Å². The molecule has 1 aromatic rings. The van der Waals surface area contributed by atoms with Crippen molar-refractivity contribution >= 4 is 23.1 Å². The standard InChI is InChI=1S/C9H11ClF3N3OS/c10-8-5(14-15-18-8)4-16-3-1-2-6(16)7(17)9(11,12)13/h6-7,17H,1-4H2. The van der Waals surface area contributed by atoms with Crippen LogP contribution < -0.4 is 0 Å². The van der Waals surface area contributed by atoms with Gasteiger partial charge in [-0.3, -0.25) is 4.90 Å². The number of likely N-dealkylation sites (tertiary alicyclic amines) is 1. The SMILES string of the molecule is OC(C1CCCN1Cc1nnsc1Cl)C(F)(F)F. The van der Waals surface area contributed by atoms with E-state index in [0.29, 0.717) is 29.4 Å². The second kappa shape index (κ2) is 5.28. The van der Waals surface area contributed by atoms with E-state index in [-0.39, 0.29) is 6.54 Å². The first-order valence-corrected chi connectivity index (χ1v) is 6.50. The molecule has 4 nitrogen and oxygen atoms in total. The quantitative estimate of drug-likeness (QED) is 0.928. The Kier molecular flexibility index (Phi) is 4.10. The summed E-state index contributed by atoms with van der Waals surface area (Å²) >= 11 is 6.81. The molecular weight excluding hydrogens is 291 g/mol. The number of halogens is 4. The van der Waals surface area contributed by atoms with Gasteiger partial charge >= 0.3 is 6.18 Å². The van der Waals surface area contributed by atoms with Gasteiger partial charge in [-0.1, -0.05) is 16.1 Å². The molecule has 2 unspecified atom stereocenters. The maximum absolute atomic E-state index is 12.5. The first-order valence-electron chi connectivity index (χ1n) is 5.35. The van der Waals surface area contributed by atoms with Crippen LogP contribution in [0.25, 0.3) is 0 Å². The highest BCUT2D eigenvalue weighted by atomic mass is 35.5. The molecule has 2 atom stereocenters. The van der Waals surface area contributed by atoms with Crippen LogP contribution in [0.5, 0.6) is 0 Å². The molecule has 2 rings (SSSR count). The lowest BCUT2D eigenvalue weighted by atomic mass is 10.1. The fourth-order valence-electron chi connectivity index (χ4n) is 2.11. The summed E-state index contributed by atoms with van der Waals surface area (Å²) in [4.78, 5) is 1.56. The second-order valence-corrected chi connectivity index (χ2v) is 5.52. The molecule has 1 aliphatic heterocycles. The van der Waals surface area contributed by atoms with Crippen LogP contribution in [0.2, 0.25) is 4.34 Å². The molecule has 9 heteroatoms. The van der Waals surface area contributed by atoms with E-state index in [1.165, 1.54) is 0 Å². The number of hydrogen-bond acceptors (Lipinski definition) is 5. The number of aliphatic hydroxyl groups excluding tert-OH is 1. The molecule has 1 aliphatic rings. The van der Waals surface area contributed by atoms with Crippen LogP contribution in [0.1, 0.15) is 18.5 Å². The molecule has 0 aromatic carbocycles. The topological polar surface area (TPSA) is 49.2 Å². The molecule has 1 N–H and O–H groups in total. The molecule has 1 aromatic heterocycles. The van der Waals surface area contributed by atoms with Crippen molar-refractivity contribution in [1.29, 1.82) is 0 Å². The van der Waals surface area contributed by atoms with Crippen LogP contribution in [0.4, 0.5) is 13.2 Å². The highest BCUT2D eigenvalue weighted by Crippen LogP contribution is 2.32. The largest absolute Gasteiger partial charge is 0.415 e. The Bertz CT molecular complexity index is 414. The lowest BCUT2D eigenvalue weighted by Gasteiger charge is -2.29. The molecule has 2 heterocycles. The molecule has 0 amide bonds. The summed E-state index contributed by atoms with van der Waals surface area (Å²) in [5, 5.41) is 13.1. The van der Waals surface area contributed by atoms with E-state index in [2.05, 4.69) is 9.59 Å². The van der Waals surface area contributed by atoms with Crippen molar-refractivity contribution in [3.05, 3.63) is 10.0 Å². The first kappa shape index (κ1) is 14.0. The minimum Gasteiger partial charge on any atom is -0.382 e. The predicted molar refractivity (Wildman–Crippen MR) is 60.4 cm³/mol. The molecule has 0 spiro atoms. The summed E-state index contributed by atoms with van der Waals surface area (Å²) in [6.45, 7) is 0.679. The van der Waals surface area contributed by atoms with E-state index in [1.807, 2.05) is 0 Å². The Hall–Kier alpha value is -0.440. The number of rotatable bonds is 3. The third-order valence-corrected chi connectivity index (χ3v) is 3.96. The van der Waals surface area contributed by atoms with E-state index in [4.69, 9.17) is 11.6 Å². The van der Waals surface area contributed by atoms with E-state index >= 15 is 0 Å². The summed E-state index contributed by atoms with van der Waals surface area (Å²) in [7, 11) is 0. The zero-order chi connectivity index (χ0) is 13.3. The lowest BCUT2D eigenvalue weighted by molar-refractivity contribution is -0.219. The predicted octanol–water partition coefficient (Wildman–Crippen LogP) is 2.08. The smallest absolute Gasteiger partial charge is 0.382 e. The van der Waals surface area contributed by atoms with Crippen molar-refractivity contribution in [3.63, 3.8) is 0 Å². The maximum Gasteiger partial charge on any atom is 0.415 e. The van der Waals surface area contributed by atoms with E-state index < -0.39 is 18.3 Å². The average molecular weight is 302 g/mol. The van der Waals surface area contributed by atoms with E-state index in [1.54, 1.807) is 4.90 Å². The van der Waals surface area contributed by atoms with Crippen LogP contribution in [0.3, 0.4) is 0 Å². The fraction of sp³-hybridized carbons (Fsp3) is 0.778. The highest BCUT2D eigenvalue weighted by Gasteiger charge is 2.47. The highest BCUT2D eigenvalue weighted by molar-refractivity contribution is 7.10. The Labute approximate surface area is 111 Å². The van der Waals surface area contributed by atoms with Gasteiger partial charge in [-0.05, 0) is 19.4 Å². The van der Waals surface area contributed by atoms with Crippen LogP contribution >= 0.6 is 23.1 Å². The van der Waals surface area contributed by atoms with Crippen molar-refractivity contribution in [3.8, 4) is 0 Å². The normalized spacial score (nSPS) is 23.5. The minimum absolute atomic E-state index is 0.188. The van der Waals surface area contributed by atoms with Gasteiger partial charge < -0.3 is 5.11 Å². The van der Waals surface area contributed by atoms with Gasteiger partial charge in [-0.2, -0.15) is 13.2 Å². The molecule has 1 saturated heterocycles. The summed E-state index contributed by atoms with van der Waals surface area (Å²) in [6.07, 6.45) is -5.99. The summed E-state index contributed by atoms with van der Waals surface area (Å²) in [6, 6.07) is -0.928. The van der Waals surface area contributed by atoms with Crippen LogP contribution in [-0.2, 0) is 6.54 Å². The average Bonchev–Trinajstić information content (AvgIpc) is 2.87. The van der Waals surface area contributed by atoms with Crippen LogP contribution in [0, 0.1) is 0 Å². The number of aromatic nitrogens is 2. The number of alkyl halides is 3. The lowest BCUT2D eigenvalue weighted by Crippen LogP contribution is -2.46. The Balaban J connectivity index is 2.06. The summed E-state index contributed by atoms with van der Waals surface area (Å²) < 4.78 is 41.5. The molecule has 0 aliphatic carbocycles. The first-order chi connectivity index (χ1) is 8.39. The molecule has 0 radical (unpaired) electrons. The molecule has 18 heavy (non-hydrogen) atoms. The molecule has 102 valence electrons. The van der Waals surface area contributed by atoms with Gasteiger partial charge in [-0.15, -0.1) is 5.10 Å². The van der Waals surface area contributed by atoms with Gasteiger partial charge in [0.15, 0.2) is 6.10 Å². The number of hydrogen-bond donors (Lipinski definition) is 1. The fourth-order valence-corrected chi connectivity index (χ4v) is 2.72. The molecule has 1 fully saturated rings. The summed E-state index contributed by atoms with van der Waals surface area (Å²) in [5.74, 6) is 0. The molecule has 0 saturated carbocycles. The van der Waals surface area contributed by atoms with Gasteiger partial charge in [0.05, 0.1) is 0 Å². The van der Waals surface area contributed by atoms with E-state index in [0.717, 1.165) is 11.5 Å². The zero-order valence-corrected chi connectivity index (χ0v) is 10.8. The second-order valence-electron chi connectivity index (χ2n) is 4.16. The Morgan fingerprint density at radius 1 is 1.56 bits per heavy atom. The van der Waals surface area contributed by atoms with Crippen LogP contribution in [-0.4, -0.2) is 44.5 Å². The van der Waals surface area contributed by atoms with E-state index in [9.17, 15) is 18.3 Å². The van der Waals surface area contributed by atoms with Crippen molar-refractivity contribution in [2.45, 2.75) is 37.7 Å². The van der Waals surface area contributed by atoms with Crippen molar-refractivity contribution in [2.75, 3.05) is 6.54 Å². The molecular formula is C9H11ClF3N3OS. The monoisotopic (exact) mass is 301 g/mol.